The fraction of sp³-hybridized carbons (Fsp3) is 0.278. The maximum absolute atomic E-state index is 13.0. The standard InChI is InChI=1S/C18H17BrClNO3/c19-15-12-14(20)6-7-16(15)24-17(13-4-2-1-3-5-13)18(22)21-8-10-23-11-9-21/h1-7,12,17H,8-11H2/t17-/m1/s1. The summed E-state index contributed by atoms with van der Waals surface area (Å²) in [4.78, 5) is 14.8. The number of benzene rings is 2. The zero-order valence-corrected chi connectivity index (χ0v) is 15.3. The molecule has 0 unspecified atom stereocenters. The van der Waals surface area contributed by atoms with Crippen LogP contribution in [0.15, 0.2) is 53.0 Å². The van der Waals surface area contributed by atoms with Crippen LogP contribution in [0.5, 0.6) is 5.75 Å². The molecule has 24 heavy (non-hydrogen) atoms. The van der Waals surface area contributed by atoms with Crippen LogP contribution in [0.3, 0.4) is 0 Å². The molecule has 0 bridgehead atoms. The van der Waals surface area contributed by atoms with Crippen molar-refractivity contribution in [2.75, 3.05) is 26.3 Å². The Hall–Kier alpha value is -1.56. The third kappa shape index (κ3) is 4.09. The summed E-state index contributed by atoms with van der Waals surface area (Å²) in [5, 5.41) is 0.602. The minimum Gasteiger partial charge on any atom is -0.475 e. The maximum Gasteiger partial charge on any atom is 0.268 e. The van der Waals surface area contributed by atoms with E-state index in [1.165, 1.54) is 0 Å². The van der Waals surface area contributed by atoms with Gasteiger partial charge in [0.25, 0.3) is 5.91 Å². The Morgan fingerprint density at radius 2 is 1.88 bits per heavy atom. The average molecular weight is 411 g/mol. The first-order valence-electron chi connectivity index (χ1n) is 7.68. The monoisotopic (exact) mass is 409 g/mol. The molecule has 0 aromatic heterocycles. The number of morpholine rings is 1. The van der Waals surface area contributed by atoms with Gasteiger partial charge in [-0.1, -0.05) is 41.9 Å². The third-order valence-electron chi connectivity index (χ3n) is 3.79. The molecular weight excluding hydrogens is 394 g/mol. The zero-order valence-electron chi connectivity index (χ0n) is 13.0. The lowest BCUT2D eigenvalue weighted by molar-refractivity contribution is -0.143. The highest BCUT2D eigenvalue weighted by molar-refractivity contribution is 9.10. The Labute approximate surface area is 154 Å². The second-order valence-electron chi connectivity index (χ2n) is 5.42. The van der Waals surface area contributed by atoms with E-state index < -0.39 is 6.10 Å². The van der Waals surface area contributed by atoms with Crippen LogP contribution in [0.4, 0.5) is 0 Å². The van der Waals surface area contributed by atoms with Crippen molar-refractivity contribution in [2.45, 2.75) is 6.10 Å². The predicted molar refractivity (Wildman–Crippen MR) is 96.4 cm³/mol. The van der Waals surface area contributed by atoms with Crippen molar-refractivity contribution < 1.29 is 14.3 Å². The number of rotatable bonds is 4. The molecule has 0 N–H and O–H groups in total. The largest absolute Gasteiger partial charge is 0.475 e. The van der Waals surface area contributed by atoms with Gasteiger partial charge in [-0.2, -0.15) is 0 Å². The molecule has 6 heteroatoms. The van der Waals surface area contributed by atoms with Crippen molar-refractivity contribution in [2.24, 2.45) is 0 Å². The SMILES string of the molecule is O=C([C@H](Oc1ccc(Cl)cc1Br)c1ccccc1)N1CCOCC1. The molecule has 1 atom stereocenters. The molecule has 126 valence electrons. The number of hydrogen-bond donors (Lipinski definition) is 0. The molecule has 0 radical (unpaired) electrons. The average Bonchev–Trinajstić information content (AvgIpc) is 2.62. The molecule has 2 aromatic carbocycles. The lowest BCUT2D eigenvalue weighted by atomic mass is 10.1. The fourth-order valence-corrected chi connectivity index (χ4v) is 3.31. The van der Waals surface area contributed by atoms with Crippen LogP contribution in [0, 0.1) is 0 Å². The lowest BCUT2D eigenvalue weighted by Gasteiger charge is -2.30. The summed E-state index contributed by atoms with van der Waals surface area (Å²) in [5.41, 5.74) is 0.816. The molecule has 4 nitrogen and oxygen atoms in total. The zero-order chi connectivity index (χ0) is 16.9. The molecule has 0 spiro atoms. The van der Waals surface area contributed by atoms with Gasteiger partial charge in [0.2, 0.25) is 6.10 Å². The Morgan fingerprint density at radius 1 is 1.17 bits per heavy atom. The summed E-state index contributed by atoms with van der Waals surface area (Å²) in [7, 11) is 0. The quantitative estimate of drug-likeness (QED) is 0.762. The van der Waals surface area contributed by atoms with Crippen molar-refractivity contribution in [1.29, 1.82) is 0 Å². The Balaban J connectivity index is 1.88. The molecule has 0 saturated carbocycles. The Bertz CT molecular complexity index is 705. The minimum atomic E-state index is -0.707. The maximum atomic E-state index is 13.0. The molecule has 1 saturated heterocycles. The van der Waals surface area contributed by atoms with Crippen LogP contribution in [0.25, 0.3) is 0 Å². The molecule has 1 amide bonds. The first kappa shape index (κ1) is 17.3. The Morgan fingerprint density at radius 3 is 2.54 bits per heavy atom. The number of amides is 1. The third-order valence-corrected chi connectivity index (χ3v) is 4.64. The van der Waals surface area contributed by atoms with Crippen molar-refractivity contribution >= 4 is 33.4 Å². The smallest absolute Gasteiger partial charge is 0.268 e. The molecule has 1 heterocycles. The number of ether oxygens (including phenoxy) is 2. The number of nitrogens with zero attached hydrogens (tertiary/aromatic N) is 1. The number of hydrogen-bond acceptors (Lipinski definition) is 3. The van der Waals surface area contributed by atoms with Crippen molar-refractivity contribution in [3.05, 3.63) is 63.6 Å². The van der Waals surface area contributed by atoms with Gasteiger partial charge in [-0.15, -0.1) is 0 Å². The summed E-state index contributed by atoms with van der Waals surface area (Å²) in [6.07, 6.45) is -0.707. The summed E-state index contributed by atoms with van der Waals surface area (Å²) < 4.78 is 12.1. The van der Waals surface area contributed by atoms with E-state index in [9.17, 15) is 4.79 Å². The number of carbonyl (C=O) groups excluding carboxylic acids is 1. The van der Waals surface area contributed by atoms with Gasteiger partial charge >= 0.3 is 0 Å². The predicted octanol–water partition coefficient (Wildman–Crippen LogP) is 4.08. The van der Waals surface area contributed by atoms with Gasteiger partial charge in [-0.05, 0) is 34.1 Å². The van der Waals surface area contributed by atoms with Crippen LogP contribution < -0.4 is 4.74 Å². The highest BCUT2D eigenvalue weighted by Crippen LogP contribution is 2.32. The summed E-state index contributed by atoms with van der Waals surface area (Å²) in [6.45, 7) is 2.26. The van der Waals surface area contributed by atoms with Crippen molar-refractivity contribution in [1.82, 2.24) is 4.90 Å². The van der Waals surface area contributed by atoms with Gasteiger partial charge in [-0.3, -0.25) is 4.79 Å². The topological polar surface area (TPSA) is 38.8 Å². The van der Waals surface area contributed by atoms with E-state index in [2.05, 4.69) is 15.9 Å². The van der Waals surface area contributed by atoms with E-state index in [0.29, 0.717) is 41.5 Å². The van der Waals surface area contributed by atoms with Gasteiger partial charge in [-0.25, -0.2) is 0 Å². The van der Waals surface area contributed by atoms with Crippen LogP contribution in [-0.2, 0) is 9.53 Å². The first-order chi connectivity index (χ1) is 11.6. The first-order valence-corrected chi connectivity index (χ1v) is 8.85. The number of halogens is 2. The molecule has 0 aliphatic carbocycles. The van der Waals surface area contributed by atoms with Crippen molar-refractivity contribution in [3.63, 3.8) is 0 Å². The molecule has 1 aliphatic rings. The van der Waals surface area contributed by atoms with Crippen LogP contribution >= 0.6 is 27.5 Å². The molecular formula is C18H17BrClNO3. The molecule has 1 aliphatic heterocycles. The van der Waals surface area contributed by atoms with E-state index in [1.807, 2.05) is 30.3 Å². The van der Waals surface area contributed by atoms with Gasteiger partial charge < -0.3 is 14.4 Å². The van der Waals surface area contributed by atoms with Gasteiger partial charge in [0.05, 0.1) is 17.7 Å². The fourth-order valence-electron chi connectivity index (χ4n) is 2.54. The van der Waals surface area contributed by atoms with Crippen molar-refractivity contribution in [3.8, 4) is 5.75 Å². The summed E-state index contributed by atoms with van der Waals surface area (Å²) in [6, 6.07) is 14.7. The van der Waals surface area contributed by atoms with Gasteiger partial charge in [0.15, 0.2) is 0 Å². The number of carbonyl (C=O) groups is 1. The summed E-state index contributed by atoms with van der Waals surface area (Å²) >= 11 is 9.42. The lowest BCUT2D eigenvalue weighted by Crippen LogP contribution is -2.44. The van der Waals surface area contributed by atoms with Crippen LogP contribution in [0.1, 0.15) is 11.7 Å². The second kappa shape index (κ2) is 8.01. The minimum absolute atomic E-state index is 0.0636. The normalized spacial score (nSPS) is 15.8. The van der Waals surface area contributed by atoms with E-state index in [4.69, 9.17) is 21.1 Å². The molecule has 3 rings (SSSR count). The highest BCUT2D eigenvalue weighted by atomic mass is 79.9. The molecule has 1 fully saturated rings. The highest BCUT2D eigenvalue weighted by Gasteiger charge is 2.29. The van der Waals surface area contributed by atoms with E-state index >= 15 is 0 Å². The van der Waals surface area contributed by atoms with E-state index in [0.717, 1.165) is 5.56 Å². The van der Waals surface area contributed by atoms with Crippen LogP contribution in [0.2, 0.25) is 5.02 Å². The van der Waals surface area contributed by atoms with Gasteiger partial charge in [0, 0.05) is 23.7 Å². The summed E-state index contributed by atoms with van der Waals surface area (Å²) in [5.74, 6) is 0.515. The van der Waals surface area contributed by atoms with Crippen LogP contribution in [-0.4, -0.2) is 37.1 Å². The van der Waals surface area contributed by atoms with E-state index in [1.54, 1.807) is 23.1 Å². The molecule has 2 aromatic rings. The Kier molecular flexibility index (Phi) is 5.76. The van der Waals surface area contributed by atoms with E-state index in [-0.39, 0.29) is 5.91 Å². The second-order valence-corrected chi connectivity index (χ2v) is 6.71. The van der Waals surface area contributed by atoms with Gasteiger partial charge in [0.1, 0.15) is 5.75 Å².